The first kappa shape index (κ1) is 19.6. The molecule has 1 N–H and O–H groups in total. The van der Waals surface area contributed by atoms with Gasteiger partial charge in [0.05, 0.1) is 13.7 Å². The molecule has 140 valence electrons. The molecule has 0 spiro atoms. The van der Waals surface area contributed by atoms with Crippen LogP contribution in [0.1, 0.15) is 24.2 Å². The van der Waals surface area contributed by atoms with E-state index in [9.17, 15) is 13.6 Å². The van der Waals surface area contributed by atoms with E-state index in [2.05, 4.69) is 24.1 Å². The Bertz CT molecular complexity index is 587. The van der Waals surface area contributed by atoms with Gasteiger partial charge < -0.3 is 14.8 Å². The molecule has 2 atom stereocenters. The highest BCUT2D eigenvalue weighted by Crippen LogP contribution is 2.26. The standard InChI is InChI=1S/C18H26F2N2O3/c1-11(2)13-9-22(5-6-24-3)10-16(13)21-18(23)17-14(19)7-12(25-4)8-15(17)20/h7-8,11,13,16H,5-6,9-10H2,1-4H3,(H,21,23)/t13-,16+/m0/s1. The molecule has 1 aromatic rings. The number of amides is 1. The van der Waals surface area contributed by atoms with Crippen molar-refractivity contribution in [3.8, 4) is 5.75 Å². The number of halogens is 2. The molecule has 5 nitrogen and oxygen atoms in total. The summed E-state index contributed by atoms with van der Waals surface area (Å²) in [5, 5.41) is 2.81. The fourth-order valence-electron chi connectivity index (χ4n) is 3.27. The summed E-state index contributed by atoms with van der Waals surface area (Å²) in [4.78, 5) is 14.6. The summed E-state index contributed by atoms with van der Waals surface area (Å²) in [6.45, 7) is 6.98. The molecule has 2 rings (SSSR count). The topological polar surface area (TPSA) is 50.8 Å². The van der Waals surface area contributed by atoms with Crippen molar-refractivity contribution in [3.63, 3.8) is 0 Å². The number of nitrogens with zero attached hydrogens (tertiary/aromatic N) is 1. The zero-order valence-corrected chi connectivity index (χ0v) is 15.1. The number of hydrogen-bond donors (Lipinski definition) is 1. The SMILES string of the molecule is COCCN1C[C@@H](NC(=O)c2c(F)cc(OC)cc2F)[C@H](C(C)C)C1. The lowest BCUT2D eigenvalue weighted by Crippen LogP contribution is -2.42. The Hall–Kier alpha value is -1.73. The second-order valence-electron chi connectivity index (χ2n) is 6.71. The Morgan fingerprint density at radius 1 is 1.28 bits per heavy atom. The molecule has 0 radical (unpaired) electrons. The molecule has 1 aromatic carbocycles. The van der Waals surface area contributed by atoms with Gasteiger partial charge in [-0.05, 0) is 11.8 Å². The van der Waals surface area contributed by atoms with E-state index in [-0.39, 0.29) is 17.7 Å². The van der Waals surface area contributed by atoms with Crippen LogP contribution in [0, 0.1) is 23.5 Å². The van der Waals surface area contributed by atoms with Gasteiger partial charge in [-0.15, -0.1) is 0 Å². The first-order valence-electron chi connectivity index (χ1n) is 8.42. The highest BCUT2D eigenvalue weighted by Gasteiger charge is 2.36. The number of likely N-dealkylation sites (tertiary alicyclic amines) is 1. The van der Waals surface area contributed by atoms with Gasteiger partial charge >= 0.3 is 0 Å². The van der Waals surface area contributed by atoms with E-state index in [1.54, 1.807) is 7.11 Å². The number of carbonyl (C=O) groups is 1. The fourth-order valence-corrected chi connectivity index (χ4v) is 3.27. The highest BCUT2D eigenvalue weighted by atomic mass is 19.1. The van der Waals surface area contributed by atoms with Crippen molar-refractivity contribution in [1.82, 2.24) is 10.2 Å². The van der Waals surface area contributed by atoms with Gasteiger partial charge in [-0.3, -0.25) is 9.69 Å². The average molecular weight is 356 g/mol. The number of benzene rings is 1. The van der Waals surface area contributed by atoms with Crippen LogP contribution in [0.2, 0.25) is 0 Å². The number of hydrogen-bond acceptors (Lipinski definition) is 4. The van der Waals surface area contributed by atoms with E-state index in [1.807, 2.05) is 0 Å². The largest absolute Gasteiger partial charge is 0.497 e. The van der Waals surface area contributed by atoms with Crippen molar-refractivity contribution < 1.29 is 23.0 Å². The monoisotopic (exact) mass is 356 g/mol. The molecule has 25 heavy (non-hydrogen) atoms. The summed E-state index contributed by atoms with van der Waals surface area (Å²) in [6, 6.07) is 1.86. The molecule has 0 aliphatic carbocycles. The number of methoxy groups -OCH3 is 2. The zero-order valence-electron chi connectivity index (χ0n) is 15.1. The molecule has 1 amide bonds. The van der Waals surface area contributed by atoms with Gasteiger partial charge in [0.2, 0.25) is 0 Å². The smallest absolute Gasteiger partial charge is 0.257 e. The molecule has 1 saturated heterocycles. The molecule has 1 aliphatic rings. The predicted molar refractivity (Wildman–Crippen MR) is 90.8 cm³/mol. The van der Waals surface area contributed by atoms with Gasteiger partial charge in [0, 0.05) is 44.9 Å². The maximum absolute atomic E-state index is 14.1. The molecular formula is C18H26F2N2O3. The lowest BCUT2D eigenvalue weighted by Gasteiger charge is -2.23. The Balaban J connectivity index is 2.13. The molecule has 7 heteroatoms. The minimum Gasteiger partial charge on any atom is -0.497 e. The van der Waals surface area contributed by atoms with Gasteiger partial charge in [-0.25, -0.2) is 8.78 Å². The summed E-state index contributed by atoms with van der Waals surface area (Å²) in [7, 11) is 2.96. The van der Waals surface area contributed by atoms with Crippen molar-refractivity contribution in [1.29, 1.82) is 0 Å². The quantitative estimate of drug-likeness (QED) is 0.815. The number of rotatable bonds is 7. The third-order valence-corrected chi connectivity index (χ3v) is 4.70. The van der Waals surface area contributed by atoms with Crippen LogP contribution in [0.5, 0.6) is 5.75 Å². The van der Waals surface area contributed by atoms with Gasteiger partial charge in [0.1, 0.15) is 22.9 Å². The van der Waals surface area contributed by atoms with Crippen molar-refractivity contribution in [3.05, 3.63) is 29.3 Å². The molecule has 1 fully saturated rings. The lowest BCUT2D eigenvalue weighted by molar-refractivity contribution is 0.0916. The van der Waals surface area contributed by atoms with E-state index in [4.69, 9.17) is 9.47 Å². The minimum atomic E-state index is -0.926. The van der Waals surface area contributed by atoms with E-state index >= 15 is 0 Å². The van der Waals surface area contributed by atoms with Gasteiger partial charge in [-0.2, -0.15) is 0 Å². The maximum atomic E-state index is 14.1. The molecule has 0 unspecified atom stereocenters. The lowest BCUT2D eigenvalue weighted by atomic mass is 9.91. The van der Waals surface area contributed by atoms with Gasteiger partial charge in [0.15, 0.2) is 0 Å². The first-order valence-corrected chi connectivity index (χ1v) is 8.42. The molecule has 1 aliphatic heterocycles. The van der Waals surface area contributed by atoms with Crippen LogP contribution in [0.3, 0.4) is 0 Å². The Morgan fingerprint density at radius 2 is 1.92 bits per heavy atom. The first-order chi connectivity index (χ1) is 11.9. The predicted octanol–water partition coefficient (Wildman–Crippen LogP) is 2.31. The summed E-state index contributed by atoms with van der Waals surface area (Å²) >= 11 is 0. The normalized spacial score (nSPS) is 20.9. The number of nitrogens with one attached hydrogen (secondary N) is 1. The highest BCUT2D eigenvalue weighted by molar-refractivity contribution is 5.95. The summed E-state index contributed by atoms with van der Waals surface area (Å²) in [6.07, 6.45) is 0. The van der Waals surface area contributed by atoms with E-state index in [1.165, 1.54) is 7.11 Å². The maximum Gasteiger partial charge on any atom is 0.257 e. The third-order valence-electron chi connectivity index (χ3n) is 4.70. The number of ether oxygens (including phenoxy) is 2. The molecular weight excluding hydrogens is 330 g/mol. The van der Waals surface area contributed by atoms with Crippen LogP contribution >= 0.6 is 0 Å². The number of carbonyl (C=O) groups excluding carboxylic acids is 1. The Kier molecular flexibility index (Phi) is 6.72. The van der Waals surface area contributed by atoms with E-state index in [0.29, 0.717) is 19.1 Å². The van der Waals surface area contributed by atoms with Gasteiger partial charge in [0.25, 0.3) is 5.91 Å². The van der Waals surface area contributed by atoms with Crippen molar-refractivity contribution in [2.24, 2.45) is 11.8 Å². The van der Waals surface area contributed by atoms with Gasteiger partial charge in [-0.1, -0.05) is 13.8 Å². The zero-order chi connectivity index (χ0) is 18.6. The van der Waals surface area contributed by atoms with Crippen LogP contribution in [-0.4, -0.2) is 57.3 Å². The average Bonchev–Trinajstić information content (AvgIpc) is 2.95. The molecule has 0 saturated carbocycles. The molecule has 0 bridgehead atoms. The van der Waals surface area contributed by atoms with E-state index < -0.39 is 23.1 Å². The summed E-state index contributed by atoms with van der Waals surface area (Å²) in [5.74, 6) is -2.00. The van der Waals surface area contributed by atoms with Crippen molar-refractivity contribution in [2.75, 3.05) is 40.5 Å². The Morgan fingerprint density at radius 3 is 2.44 bits per heavy atom. The minimum absolute atomic E-state index is 0.0400. The van der Waals surface area contributed by atoms with Crippen molar-refractivity contribution >= 4 is 5.91 Å². The second-order valence-corrected chi connectivity index (χ2v) is 6.71. The molecule has 0 aromatic heterocycles. The molecule has 1 heterocycles. The van der Waals surface area contributed by atoms with Crippen LogP contribution in [0.25, 0.3) is 0 Å². The van der Waals surface area contributed by atoms with Crippen LogP contribution in [-0.2, 0) is 4.74 Å². The van der Waals surface area contributed by atoms with Crippen LogP contribution < -0.4 is 10.1 Å². The van der Waals surface area contributed by atoms with Crippen LogP contribution in [0.15, 0.2) is 12.1 Å². The van der Waals surface area contributed by atoms with Crippen molar-refractivity contribution in [2.45, 2.75) is 19.9 Å². The van der Waals surface area contributed by atoms with Crippen LogP contribution in [0.4, 0.5) is 8.78 Å². The summed E-state index contributed by atoms with van der Waals surface area (Å²) < 4.78 is 38.1. The second kappa shape index (κ2) is 8.58. The summed E-state index contributed by atoms with van der Waals surface area (Å²) in [5.41, 5.74) is -0.571. The Labute approximate surface area is 147 Å². The van der Waals surface area contributed by atoms with E-state index in [0.717, 1.165) is 25.2 Å². The fraction of sp³-hybridized carbons (Fsp3) is 0.611. The third kappa shape index (κ3) is 4.67.